The summed E-state index contributed by atoms with van der Waals surface area (Å²) >= 11 is 6.00. The van der Waals surface area contributed by atoms with Crippen LogP contribution >= 0.6 is 11.6 Å². The topological polar surface area (TPSA) is 50.4 Å². The van der Waals surface area contributed by atoms with Gasteiger partial charge in [0.2, 0.25) is 0 Å². The summed E-state index contributed by atoms with van der Waals surface area (Å²) in [7, 11) is 1.58. The van der Waals surface area contributed by atoms with E-state index in [0.29, 0.717) is 17.1 Å². The molecule has 2 rings (SSSR count). The maximum absolute atomic E-state index is 11.6. The molecule has 4 nitrogen and oxygen atoms in total. The first-order valence-corrected chi connectivity index (χ1v) is 6.64. The molecular formula is C14H17ClN2O2. The van der Waals surface area contributed by atoms with Gasteiger partial charge in [0.05, 0.1) is 23.4 Å². The zero-order valence-electron chi connectivity index (χ0n) is 10.8. The van der Waals surface area contributed by atoms with Crippen molar-refractivity contribution in [2.24, 2.45) is 0 Å². The molecule has 0 bridgehead atoms. The second-order valence-corrected chi connectivity index (χ2v) is 4.77. The van der Waals surface area contributed by atoms with Crippen molar-refractivity contribution in [3.63, 3.8) is 0 Å². The Kier molecular flexibility index (Phi) is 4.68. The molecule has 19 heavy (non-hydrogen) atoms. The van der Waals surface area contributed by atoms with Crippen LogP contribution in [0.5, 0.6) is 0 Å². The highest BCUT2D eigenvalue weighted by atomic mass is 35.5. The highest BCUT2D eigenvalue weighted by Gasteiger charge is 2.12. The maximum Gasteiger partial charge on any atom is 0.252 e. The third-order valence-corrected chi connectivity index (χ3v) is 3.32. The Bertz CT molecular complexity index is 488. The fraction of sp³-hybridized carbons (Fsp3) is 0.357. The molecule has 1 aromatic carbocycles. The number of carbonyl (C=O) groups is 1. The number of amides is 1. The van der Waals surface area contributed by atoms with Gasteiger partial charge in [0.1, 0.15) is 6.10 Å². The minimum absolute atomic E-state index is 0.170. The van der Waals surface area contributed by atoms with Gasteiger partial charge in [0, 0.05) is 12.7 Å². The molecule has 1 aromatic rings. The number of anilines is 1. The Morgan fingerprint density at radius 2 is 2.37 bits per heavy atom. The fourth-order valence-electron chi connectivity index (χ4n) is 1.91. The van der Waals surface area contributed by atoms with Crippen molar-refractivity contribution >= 4 is 23.2 Å². The van der Waals surface area contributed by atoms with Crippen molar-refractivity contribution in [2.45, 2.75) is 18.9 Å². The van der Waals surface area contributed by atoms with E-state index < -0.39 is 0 Å². The molecule has 2 N–H and O–H groups in total. The van der Waals surface area contributed by atoms with E-state index in [0.717, 1.165) is 18.5 Å². The van der Waals surface area contributed by atoms with Crippen molar-refractivity contribution in [1.82, 2.24) is 5.32 Å². The molecule has 0 saturated carbocycles. The van der Waals surface area contributed by atoms with Crippen molar-refractivity contribution < 1.29 is 9.53 Å². The highest BCUT2D eigenvalue weighted by molar-refractivity contribution is 6.34. The SMILES string of the molecule is CNC(=O)c1cc(NCC2CCC=CO2)ccc1Cl. The zero-order chi connectivity index (χ0) is 13.7. The molecule has 0 aliphatic carbocycles. The monoisotopic (exact) mass is 280 g/mol. The van der Waals surface area contributed by atoms with Crippen molar-refractivity contribution in [2.75, 3.05) is 18.9 Å². The fourth-order valence-corrected chi connectivity index (χ4v) is 2.11. The average Bonchev–Trinajstić information content (AvgIpc) is 2.46. The van der Waals surface area contributed by atoms with Crippen LogP contribution < -0.4 is 10.6 Å². The summed E-state index contributed by atoms with van der Waals surface area (Å²) in [4.78, 5) is 11.6. The number of carbonyl (C=O) groups excluding carboxylic acids is 1. The quantitative estimate of drug-likeness (QED) is 0.892. The molecule has 0 fully saturated rings. The van der Waals surface area contributed by atoms with Crippen molar-refractivity contribution in [3.8, 4) is 0 Å². The zero-order valence-corrected chi connectivity index (χ0v) is 11.5. The molecule has 0 spiro atoms. The second kappa shape index (κ2) is 6.48. The summed E-state index contributed by atoms with van der Waals surface area (Å²) in [5, 5.41) is 6.28. The molecular weight excluding hydrogens is 264 g/mol. The Hall–Kier alpha value is -1.68. The molecule has 102 valence electrons. The van der Waals surface area contributed by atoms with Crippen LogP contribution in [-0.4, -0.2) is 25.6 Å². The molecule has 0 saturated heterocycles. The number of allylic oxidation sites excluding steroid dienone is 1. The molecule has 5 heteroatoms. The van der Waals surface area contributed by atoms with E-state index in [-0.39, 0.29) is 12.0 Å². The average molecular weight is 281 g/mol. The lowest BCUT2D eigenvalue weighted by Gasteiger charge is -2.20. The van der Waals surface area contributed by atoms with Crippen LogP contribution in [0.15, 0.2) is 30.5 Å². The van der Waals surface area contributed by atoms with E-state index in [1.165, 1.54) is 0 Å². The predicted octanol–water partition coefficient (Wildman–Crippen LogP) is 2.80. The third kappa shape index (κ3) is 3.64. The van der Waals surface area contributed by atoms with Crippen LogP contribution in [0.2, 0.25) is 5.02 Å². The Balaban J connectivity index is 2.00. The molecule has 0 radical (unpaired) electrons. The molecule has 0 aromatic heterocycles. The van der Waals surface area contributed by atoms with Gasteiger partial charge in [-0.2, -0.15) is 0 Å². The first kappa shape index (κ1) is 13.7. The van der Waals surface area contributed by atoms with E-state index in [1.54, 1.807) is 25.4 Å². The summed E-state index contributed by atoms with van der Waals surface area (Å²) in [5.74, 6) is -0.189. The largest absolute Gasteiger partial charge is 0.497 e. The first-order chi connectivity index (χ1) is 9.20. The van der Waals surface area contributed by atoms with Crippen molar-refractivity contribution in [1.29, 1.82) is 0 Å². The molecule has 1 heterocycles. The highest BCUT2D eigenvalue weighted by Crippen LogP contribution is 2.21. The van der Waals surface area contributed by atoms with E-state index >= 15 is 0 Å². The van der Waals surface area contributed by atoms with Crippen LogP contribution in [0.4, 0.5) is 5.69 Å². The van der Waals surface area contributed by atoms with Gasteiger partial charge >= 0.3 is 0 Å². The number of hydrogen-bond donors (Lipinski definition) is 2. The molecule has 1 atom stereocenters. The van der Waals surface area contributed by atoms with Gasteiger partial charge in [0.15, 0.2) is 0 Å². The summed E-state index contributed by atoms with van der Waals surface area (Å²) in [5.41, 5.74) is 1.33. The van der Waals surface area contributed by atoms with E-state index in [9.17, 15) is 4.79 Å². The van der Waals surface area contributed by atoms with Gasteiger partial charge in [-0.25, -0.2) is 0 Å². The van der Waals surface area contributed by atoms with Crippen LogP contribution in [-0.2, 0) is 4.74 Å². The summed E-state index contributed by atoms with van der Waals surface area (Å²) < 4.78 is 5.47. The predicted molar refractivity (Wildman–Crippen MR) is 76.6 cm³/mol. The Morgan fingerprint density at radius 1 is 1.53 bits per heavy atom. The summed E-state index contributed by atoms with van der Waals surface area (Å²) in [6, 6.07) is 5.32. The standard InChI is InChI=1S/C14H17ClN2O2/c1-16-14(18)12-8-10(5-6-13(12)15)17-9-11-4-2-3-7-19-11/h3,5-8,11,17H,2,4,9H2,1H3,(H,16,18). The van der Waals surface area contributed by atoms with Gasteiger partial charge in [-0.15, -0.1) is 0 Å². The molecule has 1 aliphatic heterocycles. The molecule has 1 amide bonds. The maximum atomic E-state index is 11.6. The third-order valence-electron chi connectivity index (χ3n) is 2.99. The number of nitrogens with one attached hydrogen (secondary N) is 2. The normalized spacial score (nSPS) is 17.7. The van der Waals surface area contributed by atoms with E-state index in [1.807, 2.05) is 12.1 Å². The van der Waals surface area contributed by atoms with Gasteiger partial charge < -0.3 is 15.4 Å². The second-order valence-electron chi connectivity index (χ2n) is 4.36. The van der Waals surface area contributed by atoms with Crippen LogP contribution in [0.25, 0.3) is 0 Å². The summed E-state index contributed by atoms with van der Waals surface area (Å²) in [6.07, 6.45) is 5.97. The van der Waals surface area contributed by atoms with Crippen LogP contribution in [0.1, 0.15) is 23.2 Å². The Morgan fingerprint density at radius 3 is 3.05 bits per heavy atom. The molecule has 1 aliphatic rings. The minimum Gasteiger partial charge on any atom is -0.497 e. The minimum atomic E-state index is -0.189. The van der Waals surface area contributed by atoms with E-state index in [4.69, 9.17) is 16.3 Å². The lowest BCUT2D eigenvalue weighted by molar-refractivity contribution is 0.0963. The smallest absolute Gasteiger partial charge is 0.252 e. The lowest BCUT2D eigenvalue weighted by atomic mass is 10.1. The number of halogens is 1. The van der Waals surface area contributed by atoms with Crippen LogP contribution in [0.3, 0.4) is 0 Å². The van der Waals surface area contributed by atoms with E-state index in [2.05, 4.69) is 10.6 Å². The van der Waals surface area contributed by atoms with Crippen LogP contribution in [0, 0.1) is 0 Å². The van der Waals surface area contributed by atoms with Crippen molar-refractivity contribution in [3.05, 3.63) is 41.1 Å². The van der Waals surface area contributed by atoms with Gasteiger partial charge in [-0.3, -0.25) is 4.79 Å². The number of ether oxygens (including phenoxy) is 1. The summed E-state index contributed by atoms with van der Waals surface area (Å²) in [6.45, 7) is 0.707. The number of rotatable bonds is 4. The van der Waals surface area contributed by atoms with Gasteiger partial charge in [0.25, 0.3) is 5.91 Å². The number of hydrogen-bond acceptors (Lipinski definition) is 3. The first-order valence-electron chi connectivity index (χ1n) is 6.26. The Labute approximate surface area is 117 Å². The van der Waals surface area contributed by atoms with Gasteiger partial charge in [-0.05, 0) is 37.1 Å². The number of benzene rings is 1. The van der Waals surface area contributed by atoms with Gasteiger partial charge in [-0.1, -0.05) is 11.6 Å². The lowest BCUT2D eigenvalue weighted by Crippen LogP contribution is -2.23. The molecule has 1 unspecified atom stereocenters.